The minimum absolute atomic E-state index is 0.0164. The fourth-order valence-electron chi connectivity index (χ4n) is 2.28. The number of nitrogens with one attached hydrogen (secondary N) is 1. The summed E-state index contributed by atoms with van der Waals surface area (Å²) < 4.78 is 16.8. The Morgan fingerprint density at radius 3 is 2.52 bits per heavy atom. The molecule has 0 aromatic heterocycles. The lowest BCUT2D eigenvalue weighted by Crippen LogP contribution is -2.39. The monoisotopic (exact) mass is 395 g/mol. The molecule has 1 aromatic rings. The van der Waals surface area contributed by atoms with Gasteiger partial charge in [0.1, 0.15) is 12.4 Å². The SMILES string of the molecule is CC(C)C(=O)c1ccc(OCC=O)cc1S(C)=O.CC1CCC(=O)NC1=O. The topological polar surface area (TPSA) is 107 Å². The summed E-state index contributed by atoms with van der Waals surface area (Å²) in [5.41, 5.74) is 0.448. The number of benzene rings is 1. The number of rotatable bonds is 6. The normalized spacial score (nSPS) is 17.4. The molecule has 1 aromatic carbocycles. The molecule has 2 amide bonds. The van der Waals surface area contributed by atoms with E-state index in [9.17, 15) is 23.4 Å². The molecule has 148 valence electrons. The summed E-state index contributed by atoms with van der Waals surface area (Å²) >= 11 is 0. The van der Waals surface area contributed by atoms with Gasteiger partial charge in [0.15, 0.2) is 12.1 Å². The first kappa shape index (κ1) is 22.7. The molecule has 0 saturated carbocycles. The van der Waals surface area contributed by atoms with E-state index in [1.165, 1.54) is 6.26 Å². The zero-order valence-corrected chi connectivity index (χ0v) is 16.8. The summed E-state index contributed by atoms with van der Waals surface area (Å²) in [4.78, 5) is 43.8. The van der Waals surface area contributed by atoms with Crippen LogP contribution < -0.4 is 10.1 Å². The first-order chi connectivity index (χ1) is 12.7. The van der Waals surface area contributed by atoms with Crippen LogP contribution in [0.5, 0.6) is 5.75 Å². The summed E-state index contributed by atoms with van der Waals surface area (Å²) in [6.07, 6.45) is 3.34. The number of hydrogen-bond donors (Lipinski definition) is 1. The molecule has 0 aliphatic carbocycles. The first-order valence-electron chi connectivity index (χ1n) is 8.59. The lowest BCUT2D eigenvalue weighted by atomic mass is 10.0. The minimum Gasteiger partial charge on any atom is -0.486 e. The Labute approximate surface area is 161 Å². The fraction of sp³-hybridized carbons (Fsp3) is 0.474. The molecule has 1 fully saturated rings. The molecule has 0 bridgehead atoms. The number of ether oxygens (including phenoxy) is 1. The maximum Gasteiger partial charge on any atom is 0.229 e. The van der Waals surface area contributed by atoms with E-state index in [0.29, 0.717) is 35.3 Å². The van der Waals surface area contributed by atoms with Crippen molar-refractivity contribution >= 4 is 34.7 Å². The van der Waals surface area contributed by atoms with Crippen LogP contribution in [-0.4, -0.2) is 41.0 Å². The third kappa shape index (κ3) is 7.05. The fourth-order valence-corrected chi connectivity index (χ4v) is 3.04. The molecule has 2 unspecified atom stereocenters. The standard InChI is InChI=1S/C13H16O4S.C6H9NO2/c1-9(2)13(15)11-5-4-10(17-7-6-14)8-12(11)18(3)16;1-4-2-3-5(8)7-6(4)9/h4-6,8-9H,7H2,1-3H3;4H,2-3H2,1H3,(H,7,8,9). The number of piperidine rings is 1. The van der Waals surface area contributed by atoms with Gasteiger partial charge in [-0.3, -0.25) is 28.7 Å². The van der Waals surface area contributed by atoms with Crippen molar-refractivity contribution in [3.63, 3.8) is 0 Å². The number of Topliss-reactive ketones (excluding diaryl/α,β-unsaturated/α-hetero) is 1. The van der Waals surface area contributed by atoms with Gasteiger partial charge in [0.05, 0.1) is 15.7 Å². The third-order valence-corrected chi connectivity index (χ3v) is 4.84. The van der Waals surface area contributed by atoms with Gasteiger partial charge in [0.2, 0.25) is 11.8 Å². The molecule has 8 heteroatoms. The molecule has 7 nitrogen and oxygen atoms in total. The number of aldehydes is 1. The number of hydrogen-bond acceptors (Lipinski definition) is 6. The second-order valence-corrected chi connectivity index (χ2v) is 7.81. The molecule has 0 radical (unpaired) electrons. The van der Waals surface area contributed by atoms with Gasteiger partial charge in [-0.15, -0.1) is 0 Å². The largest absolute Gasteiger partial charge is 0.486 e. The summed E-state index contributed by atoms with van der Waals surface area (Å²) in [7, 11) is -1.28. The van der Waals surface area contributed by atoms with Gasteiger partial charge < -0.3 is 4.74 Å². The molecule has 1 saturated heterocycles. The van der Waals surface area contributed by atoms with E-state index in [2.05, 4.69) is 5.32 Å². The van der Waals surface area contributed by atoms with Crippen molar-refractivity contribution in [2.24, 2.45) is 11.8 Å². The zero-order chi connectivity index (χ0) is 20.6. The van der Waals surface area contributed by atoms with Crippen molar-refractivity contribution < 1.29 is 28.1 Å². The van der Waals surface area contributed by atoms with Crippen LogP contribution in [0, 0.1) is 11.8 Å². The maximum atomic E-state index is 12.0. The Bertz CT molecular complexity index is 744. The Morgan fingerprint density at radius 2 is 2.04 bits per heavy atom. The van der Waals surface area contributed by atoms with E-state index in [0.717, 1.165) is 0 Å². The second kappa shape index (κ2) is 10.7. The summed E-state index contributed by atoms with van der Waals surface area (Å²) in [5, 5.41) is 2.25. The third-order valence-electron chi connectivity index (χ3n) is 3.89. The number of ketones is 1. The Morgan fingerprint density at radius 1 is 1.37 bits per heavy atom. The van der Waals surface area contributed by atoms with Gasteiger partial charge in [-0.25, -0.2) is 0 Å². The van der Waals surface area contributed by atoms with E-state index in [-0.39, 0.29) is 36.0 Å². The van der Waals surface area contributed by atoms with Crippen molar-refractivity contribution in [3.8, 4) is 5.75 Å². The molecule has 1 aliphatic heterocycles. The van der Waals surface area contributed by atoms with E-state index in [1.54, 1.807) is 32.0 Å². The van der Waals surface area contributed by atoms with Crippen LogP contribution in [0.3, 0.4) is 0 Å². The van der Waals surface area contributed by atoms with Crippen molar-refractivity contribution in [1.82, 2.24) is 5.32 Å². The molecular formula is C19H25NO6S. The van der Waals surface area contributed by atoms with E-state index in [4.69, 9.17) is 4.74 Å². The molecule has 1 N–H and O–H groups in total. The van der Waals surface area contributed by atoms with Crippen LogP contribution in [0.1, 0.15) is 44.0 Å². The number of carbonyl (C=O) groups is 4. The van der Waals surface area contributed by atoms with Crippen LogP contribution in [-0.2, 0) is 25.2 Å². The molecule has 2 rings (SSSR count). The summed E-state index contributed by atoms with van der Waals surface area (Å²) in [6, 6.07) is 4.75. The lowest BCUT2D eigenvalue weighted by Gasteiger charge is -2.15. The van der Waals surface area contributed by atoms with Crippen molar-refractivity contribution in [1.29, 1.82) is 0 Å². The molecule has 0 spiro atoms. The summed E-state index contributed by atoms with van der Waals surface area (Å²) in [5.74, 6) is -0.0316. The van der Waals surface area contributed by atoms with E-state index in [1.807, 2.05) is 6.92 Å². The predicted molar refractivity (Wildman–Crippen MR) is 101 cm³/mol. The molecule has 27 heavy (non-hydrogen) atoms. The van der Waals surface area contributed by atoms with Gasteiger partial charge >= 0.3 is 0 Å². The van der Waals surface area contributed by atoms with Gasteiger partial charge in [0, 0.05) is 30.1 Å². The van der Waals surface area contributed by atoms with Crippen molar-refractivity contribution in [2.45, 2.75) is 38.5 Å². The van der Waals surface area contributed by atoms with Crippen LogP contribution in [0.25, 0.3) is 0 Å². The average molecular weight is 395 g/mol. The highest BCUT2D eigenvalue weighted by molar-refractivity contribution is 7.84. The molecule has 1 heterocycles. The Balaban J connectivity index is 0.000000337. The van der Waals surface area contributed by atoms with Crippen LogP contribution in [0.2, 0.25) is 0 Å². The smallest absolute Gasteiger partial charge is 0.229 e. The van der Waals surface area contributed by atoms with Gasteiger partial charge in [0.25, 0.3) is 0 Å². The quantitative estimate of drug-likeness (QED) is 0.448. The highest BCUT2D eigenvalue weighted by Crippen LogP contribution is 2.23. The predicted octanol–water partition coefficient (Wildman–Crippen LogP) is 1.90. The number of imide groups is 1. The second-order valence-electron chi connectivity index (χ2n) is 6.46. The van der Waals surface area contributed by atoms with Gasteiger partial charge in [-0.2, -0.15) is 0 Å². The Hall–Kier alpha value is -2.35. The minimum atomic E-state index is -1.28. The van der Waals surface area contributed by atoms with Gasteiger partial charge in [-0.05, 0) is 24.6 Å². The number of carbonyl (C=O) groups excluding carboxylic acids is 4. The summed E-state index contributed by atoms with van der Waals surface area (Å²) in [6.45, 7) is 5.35. The van der Waals surface area contributed by atoms with Gasteiger partial charge in [-0.1, -0.05) is 20.8 Å². The highest BCUT2D eigenvalue weighted by Gasteiger charge is 2.21. The maximum absolute atomic E-state index is 12.0. The van der Waals surface area contributed by atoms with Crippen LogP contribution in [0.4, 0.5) is 0 Å². The first-order valence-corrected chi connectivity index (χ1v) is 10.1. The highest BCUT2D eigenvalue weighted by atomic mass is 32.2. The molecule has 2 atom stereocenters. The lowest BCUT2D eigenvalue weighted by molar-refractivity contribution is -0.135. The van der Waals surface area contributed by atoms with Crippen molar-refractivity contribution in [3.05, 3.63) is 23.8 Å². The van der Waals surface area contributed by atoms with E-state index < -0.39 is 10.8 Å². The molecular weight excluding hydrogens is 370 g/mol. The van der Waals surface area contributed by atoms with Crippen molar-refractivity contribution in [2.75, 3.05) is 12.9 Å². The molecule has 1 aliphatic rings. The zero-order valence-electron chi connectivity index (χ0n) is 15.9. The van der Waals surface area contributed by atoms with Crippen LogP contribution >= 0.6 is 0 Å². The van der Waals surface area contributed by atoms with E-state index >= 15 is 0 Å². The number of amides is 2. The average Bonchev–Trinajstić information content (AvgIpc) is 2.62. The Kier molecular flexibility index (Phi) is 9.00. The van der Waals surface area contributed by atoms with Crippen LogP contribution in [0.15, 0.2) is 23.1 Å².